The first kappa shape index (κ1) is 13.9. The molecule has 0 atom stereocenters. The standard InChI is InChI=1S/C13H19ClOS/c1-13(2,3)15-8-9-16-12-6-4-11(10-14)5-7-12/h4-7H,8-10H2,1-3H3. The van der Waals surface area contributed by atoms with Crippen LogP contribution in [0.25, 0.3) is 0 Å². The monoisotopic (exact) mass is 258 g/mol. The molecule has 16 heavy (non-hydrogen) atoms. The van der Waals surface area contributed by atoms with Crippen molar-refractivity contribution in [2.75, 3.05) is 12.4 Å². The molecule has 0 aliphatic rings. The maximum atomic E-state index is 5.73. The molecule has 0 saturated heterocycles. The van der Waals surface area contributed by atoms with Crippen LogP contribution in [0.4, 0.5) is 0 Å². The third-order valence-corrected chi connectivity index (χ3v) is 3.25. The molecule has 0 heterocycles. The van der Waals surface area contributed by atoms with Crippen molar-refractivity contribution in [3.63, 3.8) is 0 Å². The fourth-order valence-corrected chi connectivity index (χ4v) is 2.09. The maximum Gasteiger partial charge on any atom is 0.0598 e. The minimum Gasteiger partial charge on any atom is -0.375 e. The summed E-state index contributed by atoms with van der Waals surface area (Å²) in [6.07, 6.45) is 0. The van der Waals surface area contributed by atoms with Gasteiger partial charge < -0.3 is 4.74 Å². The van der Waals surface area contributed by atoms with E-state index in [1.165, 1.54) is 4.90 Å². The van der Waals surface area contributed by atoms with Gasteiger partial charge in [-0.25, -0.2) is 0 Å². The number of hydrogen-bond acceptors (Lipinski definition) is 2. The predicted octanol–water partition coefficient (Wildman–Crippen LogP) is 4.33. The highest BCUT2D eigenvalue weighted by Crippen LogP contribution is 2.19. The Morgan fingerprint density at radius 3 is 2.31 bits per heavy atom. The molecule has 0 aliphatic heterocycles. The third-order valence-electron chi connectivity index (χ3n) is 1.96. The number of halogens is 1. The van der Waals surface area contributed by atoms with Crippen molar-refractivity contribution >= 4 is 23.4 Å². The van der Waals surface area contributed by atoms with E-state index in [4.69, 9.17) is 16.3 Å². The fraction of sp³-hybridized carbons (Fsp3) is 0.538. The summed E-state index contributed by atoms with van der Waals surface area (Å²) in [5.41, 5.74) is 1.13. The van der Waals surface area contributed by atoms with Gasteiger partial charge >= 0.3 is 0 Å². The van der Waals surface area contributed by atoms with Crippen molar-refractivity contribution in [3.05, 3.63) is 29.8 Å². The molecule has 90 valence electrons. The Labute approximate surface area is 108 Å². The summed E-state index contributed by atoms with van der Waals surface area (Å²) < 4.78 is 5.65. The van der Waals surface area contributed by atoms with E-state index in [0.717, 1.165) is 17.9 Å². The number of hydrogen-bond donors (Lipinski definition) is 0. The van der Waals surface area contributed by atoms with Crippen LogP contribution >= 0.6 is 23.4 Å². The van der Waals surface area contributed by atoms with Crippen molar-refractivity contribution in [2.45, 2.75) is 37.1 Å². The predicted molar refractivity (Wildman–Crippen MR) is 72.4 cm³/mol. The summed E-state index contributed by atoms with van der Waals surface area (Å²) in [5.74, 6) is 1.57. The Balaban J connectivity index is 2.27. The van der Waals surface area contributed by atoms with Crippen molar-refractivity contribution in [2.24, 2.45) is 0 Å². The van der Waals surface area contributed by atoms with Crippen molar-refractivity contribution in [1.82, 2.24) is 0 Å². The molecule has 0 fully saturated rings. The molecule has 1 aromatic carbocycles. The van der Waals surface area contributed by atoms with Gasteiger partial charge in [-0.3, -0.25) is 0 Å². The minimum absolute atomic E-state index is 0.0386. The molecule has 1 aromatic rings. The summed E-state index contributed by atoms with van der Waals surface area (Å²) in [5, 5.41) is 0. The molecule has 0 unspecified atom stereocenters. The van der Waals surface area contributed by atoms with Crippen LogP contribution < -0.4 is 0 Å². The molecule has 1 nitrogen and oxygen atoms in total. The highest BCUT2D eigenvalue weighted by atomic mass is 35.5. The largest absolute Gasteiger partial charge is 0.375 e. The van der Waals surface area contributed by atoms with Crippen LogP contribution in [0.3, 0.4) is 0 Å². The summed E-state index contributed by atoms with van der Waals surface area (Å²) in [4.78, 5) is 1.27. The zero-order valence-corrected chi connectivity index (χ0v) is 11.7. The number of ether oxygens (including phenoxy) is 1. The summed E-state index contributed by atoms with van der Waals surface area (Å²) in [6, 6.07) is 8.36. The fourth-order valence-electron chi connectivity index (χ4n) is 1.18. The van der Waals surface area contributed by atoms with Crippen LogP contribution in [0, 0.1) is 0 Å². The topological polar surface area (TPSA) is 9.23 Å². The van der Waals surface area contributed by atoms with E-state index in [2.05, 4.69) is 45.0 Å². The summed E-state index contributed by atoms with van der Waals surface area (Å²) in [6.45, 7) is 7.01. The molecule has 0 bridgehead atoms. The van der Waals surface area contributed by atoms with Crippen LogP contribution in [-0.2, 0) is 10.6 Å². The van der Waals surface area contributed by atoms with E-state index in [0.29, 0.717) is 5.88 Å². The SMILES string of the molecule is CC(C)(C)OCCSc1ccc(CCl)cc1. The molecule has 3 heteroatoms. The lowest BCUT2D eigenvalue weighted by Gasteiger charge is -2.19. The average molecular weight is 259 g/mol. The second-order valence-corrected chi connectivity index (χ2v) is 6.02. The Hall–Kier alpha value is -0.180. The molecule has 0 N–H and O–H groups in total. The first-order valence-corrected chi connectivity index (χ1v) is 6.95. The van der Waals surface area contributed by atoms with E-state index in [1.807, 2.05) is 11.8 Å². The number of rotatable bonds is 5. The Morgan fingerprint density at radius 1 is 1.19 bits per heavy atom. The normalized spacial score (nSPS) is 11.8. The van der Waals surface area contributed by atoms with Crippen LogP contribution in [0.2, 0.25) is 0 Å². The van der Waals surface area contributed by atoms with Gasteiger partial charge in [0.2, 0.25) is 0 Å². The first-order valence-electron chi connectivity index (χ1n) is 5.43. The number of thioether (sulfide) groups is 1. The molecule has 1 rings (SSSR count). The lowest BCUT2D eigenvalue weighted by Crippen LogP contribution is -2.20. The van der Waals surface area contributed by atoms with E-state index in [-0.39, 0.29) is 5.60 Å². The van der Waals surface area contributed by atoms with Gasteiger partial charge in [0.1, 0.15) is 0 Å². The van der Waals surface area contributed by atoms with Crippen LogP contribution in [0.5, 0.6) is 0 Å². The third kappa shape index (κ3) is 5.78. The Bertz CT molecular complexity index is 303. The van der Waals surface area contributed by atoms with E-state index in [1.54, 1.807) is 0 Å². The second kappa shape index (κ2) is 6.53. The summed E-state index contributed by atoms with van der Waals surface area (Å²) in [7, 11) is 0. The van der Waals surface area contributed by atoms with Gasteiger partial charge in [-0.15, -0.1) is 23.4 Å². The van der Waals surface area contributed by atoms with Gasteiger partial charge in [-0.1, -0.05) is 12.1 Å². The lowest BCUT2D eigenvalue weighted by atomic mass is 10.2. The van der Waals surface area contributed by atoms with Crippen molar-refractivity contribution < 1.29 is 4.74 Å². The van der Waals surface area contributed by atoms with Gasteiger partial charge in [-0.2, -0.15) is 0 Å². The van der Waals surface area contributed by atoms with E-state index in [9.17, 15) is 0 Å². The van der Waals surface area contributed by atoms with Crippen molar-refractivity contribution in [1.29, 1.82) is 0 Å². The van der Waals surface area contributed by atoms with Crippen LogP contribution in [-0.4, -0.2) is 18.0 Å². The van der Waals surface area contributed by atoms with E-state index < -0.39 is 0 Å². The molecule has 0 aliphatic carbocycles. The average Bonchev–Trinajstić information content (AvgIpc) is 2.24. The minimum atomic E-state index is -0.0386. The smallest absolute Gasteiger partial charge is 0.0598 e. The number of alkyl halides is 1. The quantitative estimate of drug-likeness (QED) is 0.442. The van der Waals surface area contributed by atoms with Gasteiger partial charge in [0.25, 0.3) is 0 Å². The van der Waals surface area contributed by atoms with Gasteiger partial charge in [0.05, 0.1) is 12.2 Å². The van der Waals surface area contributed by atoms with Crippen LogP contribution in [0.1, 0.15) is 26.3 Å². The highest BCUT2D eigenvalue weighted by Gasteiger charge is 2.08. The zero-order chi connectivity index (χ0) is 12.0. The van der Waals surface area contributed by atoms with E-state index >= 15 is 0 Å². The molecule has 0 spiro atoms. The number of benzene rings is 1. The first-order chi connectivity index (χ1) is 7.51. The maximum absolute atomic E-state index is 5.73. The highest BCUT2D eigenvalue weighted by molar-refractivity contribution is 7.99. The molecular weight excluding hydrogens is 240 g/mol. The molecule has 0 radical (unpaired) electrons. The zero-order valence-electron chi connectivity index (χ0n) is 10.1. The van der Waals surface area contributed by atoms with Crippen LogP contribution in [0.15, 0.2) is 29.2 Å². The van der Waals surface area contributed by atoms with Gasteiger partial charge in [0, 0.05) is 16.5 Å². The Kier molecular flexibility index (Phi) is 5.67. The van der Waals surface area contributed by atoms with Gasteiger partial charge in [-0.05, 0) is 38.5 Å². The lowest BCUT2D eigenvalue weighted by molar-refractivity contribution is 0.00695. The molecule has 0 amide bonds. The summed E-state index contributed by atoms with van der Waals surface area (Å²) >= 11 is 7.54. The van der Waals surface area contributed by atoms with Gasteiger partial charge in [0.15, 0.2) is 0 Å². The second-order valence-electron chi connectivity index (χ2n) is 4.59. The molecule has 0 aromatic heterocycles. The molecule has 0 saturated carbocycles. The van der Waals surface area contributed by atoms with Crippen molar-refractivity contribution in [3.8, 4) is 0 Å². The molecular formula is C13H19ClOS. The Morgan fingerprint density at radius 2 is 1.81 bits per heavy atom.